The summed E-state index contributed by atoms with van der Waals surface area (Å²) < 4.78 is 0. The van der Waals surface area contributed by atoms with Crippen LogP contribution in [0.15, 0.2) is 0 Å². The van der Waals surface area contributed by atoms with Gasteiger partial charge in [0.2, 0.25) is 0 Å². The number of carboxylic acids is 1. The van der Waals surface area contributed by atoms with Crippen LogP contribution in [0.25, 0.3) is 0 Å². The summed E-state index contributed by atoms with van der Waals surface area (Å²) in [5.41, 5.74) is -1.09. The zero-order valence-corrected chi connectivity index (χ0v) is 6.38. The second kappa shape index (κ2) is 3.19. The van der Waals surface area contributed by atoms with Gasteiger partial charge in [0.15, 0.2) is 5.60 Å². The van der Waals surface area contributed by atoms with Crippen molar-refractivity contribution in [1.82, 2.24) is 0 Å². The molecule has 0 aliphatic heterocycles. The van der Waals surface area contributed by atoms with Crippen molar-refractivity contribution in [3.05, 3.63) is 0 Å². The van der Waals surface area contributed by atoms with Gasteiger partial charge in [0, 0.05) is 0 Å². The second-order valence-corrected chi connectivity index (χ2v) is 2.98. The first-order chi connectivity index (χ1) is 5.21. The van der Waals surface area contributed by atoms with E-state index in [9.17, 15) is 4.79 Å². The Morgan fingerprint density at radius 1 is 1.36 bits per heavy atom. The Bertz CT molecular complexity index is 152. The molecule has 0 aromatic rings. The van der Waals surface area contributed by atoms with Gasteiger partial charge in [0.05, 0.1) is 0 Å². The highest BCUT2D eigenvalue weighted by molar-refractivity contribution is 5.77. The first kappa shape index (κ1) is 8.49. The number of carbonyl (C=O) groups is 1. The quantitative estimate of drug-likeness (QED) is 0.580. The van der Waals surface area contributed by atoms with E-state index in [2.05, 4.69) is 4.84 Å². The molecule has 0 unspecified atom stereocenters. The van der Waals surface area contributed by atoms with Gasteiger partial charge >= 0.3 is 5.97 Å². The zero-order valence-electron chi connectivity index (χ0n) is 6.38. The molecule has 1 saturated carbocycles. The highest BCUT2D eigenvalue weighted by Gasteiger charge is 2.40. The highest BCUT2D eigenvalue weighted by atomic mass is 16.6. The molecule has 4 heteroatoms. The van der Waals surface area contributed by atoms with E-state index in [0.717, 1.165) is 19.3 Å². The number of hydrogen-bond donors (Lipinski definition) is 2. The summed E-state index contributed by atoms with van der Waals surface area (Å²) in [6.45, 7) is 0. The highest BCUT2D eigenvalue weighted by Crippen LogP contribution is 2.30. The summed E-state index contributed by atoms with van der Waals surface area (Å²) in [7, 11) is 0. The third-order valence-corrected chi connectivity index (χ3v) is 2.28. The van der Waals surface area contributed by atoms with E-state index in [0.29, 0.717) is 12.8 Å². The van der Waals surface area contributed by atoms with Gasteiger partial charge in [0.25, 0.3) is 0 Å². The summed E-state index contributed by atoms with van der Waals surface area (Å²) in [5, 5.41) is 8.78. The van der Waals surface area contributed by atoms with Crippen molar-refractivity contribution in [2.75, 3.05) is 0 Å². The summed E-state index contributed by atoms with van der Waals surface area (Å²) in [6, 6.07) is 0. The molecule has 0 amide bonds. The molecule has 11 heavy (non-hydrogen) atoms. The van der Waals surface area contributed by atoms with E-state index in [-0.39, 0.29) is 0 Å². The monoisotopic (exact) mass is 159 g/mol. The van der Waals surface area contributed by atoms with E-state index in [1.165, 1.54) is 0 Å². The molecule has 0 bridgehead atoms. The van der Waals surface area contributed by atoms with Gasteiger partial charge in [-0.1, -0.05) is 6.42 Å². The first-order valence-electron chi connectivity index (χ1n) is 3.82. The molecule has 1 aliphatic carbocycles. The molecule has 3 N–H and O–H groups in total. The Labute approximate surface area is 65.3 Å². The Kier molecular flexibility index (Phi) is 2.46. The minimum Gasteiger partial charge on any atom is -0.479 e. The zero-order chi connectivity index (χ0) is 8.32. The third-order valence-electron chi connectivity index (χ3n) is 2.28. The summed E-state index contributed by atoms with van der Waals surface area (Å²) >= 11 is 0. The SMILES string of the molecule is NOC1(C(=O)O)CCCCC1. The van der Waals surface area contributed by atoms with Crippen molar-refractivity contribution >= 4 is 5.97 Å². The van der Waals surface area contributed by atoms with Crippen LogP contribution in [-0.4, -0.2) is 16.7 Å². The largest absolute Gasteiger partial charge is 0.479 e. The molecular weight excluding hydrogens is 146 g/mol. The average Bonchev–Trinajstić information content (AvgIpc) is 2.05. The Morgan fingerprint density at radius 2 is 1.91 bits per heavy atom. The molecule has 0 spiro atoms. The van der Waals surface area contributed by atoms with E-state index in [4.69, 9.17) is 11.0 Å². The number of hydrogen-bond acceptors (Lipinski definition) is 3. The molecule has 0 aromatic carbocycles. The van der Waals surface area contributed by atoms with Gasteiger partial charge in [-0.15, -0.1) is 0 Å². The van der Waals surface area contributed by atoms with Gasteiger partial charge in [0.1, 0.15) is 0 Å². The van der Waals surface area contributed by atoms with Crippen LogP contribution in [0, 0.1) is 0 Å². The van der Waals surface area contributed by atoms with E-state index in [1.807, 2.05) is 0 Å². The van der Waals surface area contributed by atoms with Crippen LogP contribution in [0.5, 0.6) is 0 Å². The van der Waals surface area contributed by atoms with Crippen LogP contribution in [0.1, 0.15) is 32.1 Å². The van der Waals surface area contributed by atoms with Crippen molar-refractivity contribution in [1.29, 1.82) is 0 Å². The van der Waals surface area contributed by atoms with E-state index >= 15 is 0 Å². The van der Waals surface area contributed by atoms with E-state index < -0.39 is 11.6 Å². The Hall–Kier alpha value is -0.610. The molecule has 0 atom stereocenters. The van der Waals surface area contributed by atoms with Crippen molar-refractivity contribution < 1.29 is 14.7 Å². The third kappa shape index (κ3) is 1.52. The van der Waals surface area contributed by atoms with Crippen LogP contribution in [0.4, 0.5) is 0 Å². The van der Waals surface area contributed by atoms with Crippen LogP contribution >= 0.6 is 0 Å². The predicted molar refractivity (Wildman–Crippen MR) is 38.7 cm³/mol. The van der Waals surface area contributed by atoms with Crippen molar-refractivity contribution in [3.8, 4) is 0 Å². The van der Waals surface area contributed by atoms with Gasteiger partial charge < -0.3 is 5.11 Å². The molecule has 0 saturated heterocycles. The van der Waals surface area contributed by atoms with Crippen molar-refractivity contribution in [2.24, 2.45) is 5.90 Å². The van der Waals surface area contributed by atoms with Gasteiger partial charge in [-0.05, 0) is 25.7 Å². The molecule has 64 valence electrons. The smallest absolute Gasteiger partial charge is 0.338 e. The summed E-state index contributed by atoms with van der Waals surface area (Å²) in [4.78, 5) is 15.2. The van der Waals surface area contributed by atoms with Crippen LogP contribution in [-0.2, 0) is 9.63 Å². The standard InChI is InChI=1S/C7H13NO3/c8-11-7(6(9)10)4-2-1-3-5-7/h1-5,8H2,(H,9,10). The molecule has 0 heterocycles. The van der Waals surface area contributed by atoms with Gasteiger partial charge in [-0.3, -0.25) is 4.84 Å². The fourth-order valence-corrected chi connectivity index (χ4v) is 1.51. The number of nitrogens with two attached hydrogens (primary N) is 1. The molecular formula is C7H13NO3. The molecule has 1 aliphatic rings. The molecule has 0 aromatic heterocycles. The number of carboxylic acid groups (broad SMARTS) is 1. The van der Waals surface area contributed by atoms with Gasteiger partial charge in [-0.25, -0.2) is 10.7 Å². The van der Waals surface area contributed by atoms with Crippen LogP contribution in [0.2, 0.25) is 0 Å². The maximum absolute atomic E-state index is 10.7. The lowest BCUT2D eigenvalue weighted by atomic mass is 9.85. The van der Waals surface area contributed by atoms with Crippen molar-refractivity contribution in [2.45, 2.75) is 37.7 Å². The molecule has 0 radical (unpaired) electrons. The second-order valence-electron chi connectivity index (χ2n) is 2.98. The summed E-state index contributed by atoms with van der Waals surface area (Å²) in [6.07, 6.45) is 3.95. The molecule has 1 fully saturated rings. The Balaban J connectivity index is 2.64. The lowest BCUT2D eigenvalue weighted by Gasteiger charge is -2.30. The fraction of sp³-hybridized carbons (Fsp3) is 0.857. The Morgan fingerprint density at radius 3 is 2.18 bits per heavy atom. The topological polar surface area (TPSA) is 72.5 Å². The minimum absolute atomic E-state index is 0.541. The lowest BCUT2D eigenvalue weighted by molar-refractivity contribution is -0.171. The van der Waals surface area contributed by atoms with E-state index in [1.54, 1.807) is 0 Å². The molecule has 1 rings (SSSR count). The number of aliphatic carboxylic acids is 1. The normalized spacial score (nSPS) is 23.0. The lowest BCUT2D eigenvalue weighted by Crippen LogP contribution is -2.45. The predicted octanol–water partition coefficient (Wildman–Crippen LogP) is 0.664. The average molecular weight is 159 g/mol. The van der Waals surface area contributed by atoms with Crippen molar-refractivity contribution in [3.63, 3.8) is 0 Å². The van der Waals surface area contributed by atoms with Gasteiger partial charge in [-0.2, -0.15) is 0 Å². The molecule has 4 nitrogen and oxygen atoms in total. The minimum atomic E-state index is -1.09. The maximum atomic E-state index is 10.7. The van der Waals surface area contributed by atoms with Crippen LogP contribution in [0.3, 0.4) is 0 Å². The number of rotatable bonds is 2. The fourth-order valence-electron chi connectivity index (χ4n) is 1.51. The first-order valence-corrected chi connectivity index (χ1v) is 3.82. The summed E-state index contributed by atoms with van der Waals surface area (Å²) in [5.74, 6) is 4.03. The maximum Gasteiger partial charge on any atom is 0.338 e. The van der Waals surface area contributed by atoms with Crippen LogP contribution < -0.4 is 5.90 Å².